The molecule has 0 unspecified atom stereocenters. The Labute approximate surface area is 325 Å². The smallest absolute Gasteiger partial charge is 0.229 e. The van der Waals surface area contributed by atoms with Gasteiger partial charge < -0.3 is 50.7 Å². The molecule has 9 bridgehead atoms. The molecule has 10 rings (SSSR count). The van der Waals surface area contributed by atoms with Crippen molar-refractivity contribution in [3.8, 4) is 5.75 Å². The molecule has 5 heterocycles. The predicted octanol–water partition coefficient (Wildman–Crippen LogP) is 3.35. The van der Waals surface area contributed by atoms with Gasteiger partial charge in [0.2, 0.25) is 6.29 Å². The van der Waals surface area contributed by atoms with E-state index in [-0.39, 0.29) is 52.6 Å². The van der Waals surface area contributed by atoms with Crippen LogP contribution >= 0.6 is 21.6 Å². The molecule has 1 saturated heterocycles. The number of aliphatic hydroxyl groups is 6. The van der Waals surface area contributed by atoms with E-state index in [2.05, 4.69) is 16.7 Å². The largest absolute Gasteiger partial charge is 0.511 e. The van der Waals surface area contributed by atoms with Gasteiger partial charge in [-0.05, 0) is 84.4 Å². The minimum Gasteiger partial charge on any atom is -0.511 e. The number of ether oxygens (including phenoxy) is 2. The number of aliphatic hydroxyl groups excluding tert-OH is 5. The van der Waals surface area contributed by atoms with Crippen LogP contribution in [0.15, 0.2) is 89.0 Å². The van der Waals surface area contributed by atoms with Crippen LogP contribution in [-0.2, 0) is 17.8 Å². The molecule has 14 heteroatoms. The fourth-order valence-electron chi connectivity index (χ4n) is 9.80. The molecule has 2 aromatic carbocycles. The van der Waals surface area contributed by atoms with Gasteiger partial charge in [-0.25, -0.2) is 0 Å². The Kier molecular flexibility index (Phi) is 9.29. The summed E-state index contributed by atoms with van der Waals surface area (Å²) < 4.78 is 12.5. The van der Waals surface area contributed by atoms with Crippen molar-refractivity contribution < 1.29 is 49.7 Å². The maximum Gasteiger partial charge on any atom is 0.229 e. The molecule has 5 aliphatic heterocycles. The highest BCUT2D eigenvalue weighted by atomic mass is 33.1. The quantitative estimate of drug-likeness (QED) is 0.210. The summed E-state index contributed by atoms with van der Waals surface area (Å²) >= 11 is 0. The first-order valence-corrected chi connectivity index (χ1v) is 21.2. The molecule has 9 atom stereocenters. The summed E-state index contributed by atoms with van der Waals surface area (Å²) in [6, 6.07) is 12.0. The van der Waals surface area contributed by atoms with Crippen LogP contribution in [0.25, 0.3) is 0 Å². The Hall–Kier alpha value is -3.60. The van der Waals surface area contributed by atoms with Gasteiger partial charge in [-0.15, -0.1) is 0 Å². The summed E-state index contributed by atoms with van der Waals surface area (Å²) in [5, 5.41) is 75.5. The third-order valence-electron chi connectivity index (χ3n) is 12.8. The minimum absolute atomic E-state index is 0.0548. The van der Waals surface area contributed by atoms with Crippen molar-refractivity contribution in [1.82, 2.24) is 10.6 Å². The maximum atomic E-state index is 15.2. The zero-order valence-corrected chi connectivity index (χ0v) is 31.6. The lowest BCUT2D eigenvalue weighted by atomic mass is 9.60. The molecule has 0 aromatic heterocycles. The van der Waals surface area contributed by atoms with Gasteiger partial charge >= 0.3 is 0 Å². The number of hydrogen-bond acceptors (Lipinski definition) is 14. The summed E-state index contributed by atoms with van der Waals surface area (Å²) in [6.45, 7) is -0.254. The van der Waals surface area contributed by atoms with Gasteiger partial charge in [0.05, 0.1) is 30.1 Å². The number of nitrogens with one attached hydrogen (secondary N) is 2. The Balaban J connectivity index is 1.17. The van der Waals surface area contributed by atoms with Gasteiger partial charge in [0.25, 0.3) is 0 Å². The fraction of sp³-hybridized carbons (Fsp3) is 0.463. The van der Waals surface area contributed by atoms with Gasteiger partial charge in [0, 0.05) is 17.9 Å². The van der Waals surface area contributed by atoms with Crippen molar-refractivity contribution in [1.29, 1.82) is 0 Å². The Morgan fingerprint density at radius 1 is 1.04 bits per heavy atom. The Bertz CT molecular complexity index is 2080. The van der Waals surface area contributed by atoms with Crippen LogP contribution in [-0.4, -0.2) is 96.2 Å². The van der Waals surface area contributed by atoms with Crippen LogP contribution in [0.2, 0.25) is 0 Å². The van der Waals surface area contributed by atoms with E-state index in [1.807, 2.05) is 24.3 Å². The van der Waals surface area contributed by atoms with E-state index >= 15 is 4.79 Å². The number of dihydropyridines is 1. The molecule has 8 aliphatic rings. The number of carbonyl (C=O) groups excluding carboxylic acids is 2. The third kappa shape index (κ3) is 5.66. The van der Waals surface area contributed by atoms with E-state index in [4.69, 9.17) is 9.47 Å². The van der Waals surface area contributed by atoms with Gasteiger partial charge in [-0.2, -0.15) is 0 Å². The van der Waals surface area contributed by atoms with E-state index in [9.17, 15) is 35.4 Å². The summed E-state index contributed by atoms with van der Waals surface area (Å²) in [6.07, 6.45) is 2.98. The average molecular weight is 789 g/mol. The maximum absolute atomic E-state index is 15.2. The van der Waals surface area contributed by atoms with Crippen LogP contribution < -0.4 is 15.4 Å². The zero-order valence-electron chi connectivity index (χ0n) is 29.9. The molecule has 290 valence electrons. The molecule has 2 fully saturated rings. The van der Waals surface area contributed by atoms with Crippen LogP contribution in [0.5, 0.6) is 5.75 Å². The highest BCUT2D eigenvalue weighted by Crippen LogP contribution is 2.56. The summed E-state index contributed by atoms with van der Waals surface area (Å²) in [5.74, 6) is -2.02. The second kappa shape index (κ2) is 13.8. The molecule has 0 amide bonds. The lowest BCUT2D eigenvalue weighted by molar-refractivity contribution is -0.376. The lowest BCUT2D eigenvalue weighted by Gasteiger charge is -2.59. The van der Waals surface area contributed by atoms with E-state index in [1.165, 1.54) is 16.9 Å². The van der Waals surface area contributed by atoms with Crippen LogP contribution in [0.1, 0.15) is 63.9 Å². The number of fused-ring (bicyclic) bond motifs is 4. The van der Waals surface area contributed by atoms with Gasteiger partial charge in [0.1, 0.15) is 46.2 Å². The Morgan fingerprint density at radius 3 is 2.67 bits per heavy atom. The molecular formula is C41H44N2O10S2. The molecule has 8 N–H and O–H groups in total. The van der Waals surface area contributed by atoms with Crippen molar-refractivity contribution in [3.63, 3.8) is 0 Å². The molecule has 0 radical (unpaired) electrons. The summed E-state index contributed by atoms with van der Waals surface area (Å²) in [7, 11) is 2.95. The van der Waals surface area contributed by atoms with Crippen LogP contribution in [0.3, 0.4) is 0 Å². The monoisotopic (exact) mass is 788 g/mol. The number of Topliss-reactive ketones (excluding diaryl/α,β-unsaturated/α-hetero) is 2. The lowest BCUT2D eigenvalue weighted by Crippen LogP contribution is -2.77. The molecule has 1 spiro atoms. The molecule has 1 saturated carbocycles. The van der Waals surface area contributed by atoms with Crippen LogP contribution in [0.4, 0.5) is 0 Å². The first-order valence-electron chi connectivity index (χ1n) is 18.8. The van der Waals surface area contributed by atoms with Crippen molar-refractivity contribution in [2.45, 2.75) is 80.2 Å². The normalized spacial score (nSPS) is 36.6. The van der Waals surface area contributed by atoms with E-state index in [0.717, 1.165) is 34.5 Å². The van der Waals surface area contributed by atoms with E-state index < -0.39 is 59.3 Å². The van der Waals surface area contributed by atoms with Crippen molar-refractivity contribution in [2.75, 3.05) is 18.9 Å². The number of benzene rings is 2. The molecule has 12 nitrogen and oxygen atoms in total. The first kappa shape index (κ1) is 37.0. The molecular weight excluding hydrogens is 745 g/mol. The van der Waals surface area contributed by atoms with Crippen LogP contribution in [0, 0.1) is 17.3 Å². The van der Waals surface area contributed by atoms with Crippen molar-refractivity contribution in [3.05, 3.63) is 111 Å². The van der Waals surface area contributed by atoms with Gasteiger partial charge in [-0.1, -0.05) is 70.1 Å². The SMILES string of the molecule is O=C1c2cccc3c2C(=O)[C@]2(CSS[C@@H]4CCC5=C(NCC=C5C[C@H]5CC[C@]6(CO)O[C@@H](O3)[C@H](O)[C@@]5(O)[C@@H]6O)N4)C(O)=CC(Cc3cccc(CO)c3)=C[C@H]12. The van der Waals surface area contributed by atoms with Gasteiger partial charge in [0.15, 0.2) is 11.6 Å². The topological polar surface area (TPSA) is 198 Å². The third-order valence-corrected chi connectivity index (χ3v) is 15.5. The fourth-order valence-corrected chi connectivity index (χ4v) is 12.7. The molecule has 55 heavy (non-hydrogen) atoms. The standard InChI is InChI=1S/C41H44N2O10S2/c44-18-22-4-1-3-21(13-22)14-23-15-28-33(47)27-5-2-6-29-32(27)34(48)40(28,30(46)16-23)20-54-55-31-8-7-26-24(10-12-42-36(26)43-31)17-25-9-11-39(19-45)38(50)41(25,51)35(49)37(52-29)53-39/h1-6,10,13,15-16,25,28,31,35,37-38,42-46,49-51H,7-9,11-12,14,17-20H2/t25-,28-,31-,35+,37-,38-,39-,40+,41-/m1/s1. The molecule has 2 aromatic rings. The minimum atomic E-state index is -2.16. The summed E-state index contributed by atoms with van der Waals surface area (Å²) in [5.41, 5.74) is -1.20. The van der Waals surface area contributed by atoms with Crippen molar-refractivity contribution in [2.24, 2.45) is 17.3 Å². The number of hydrogen-bond donors (Lipinski definition) is 8. The number of ketones is 2. The average Bonchev–Trinajstić information content (AvgIpc) is 3.19. The van der Waals surface area contributed by atoms with Gasteiger partial charge in [-0.3, -0.25) is 9.59 Å². The highest BCUT2D eigenvalue weighted by molar-refractivity contribution is 8.76. The first-order chi connectivity index (χ1) is 26.5. The van der Waals surface area contributed by atoms with E-state index in [1.54, 1.807) is 35.1 Å². The van der Waals surface area contributed by atoms with Crippen molar-refractivity contribution >= 4 is 33.2 Å². The number of rotatable bonds is 4. The number of carbonyl (C=O) groups is 2. The number of allylic oxidation sites excluding steroid dienone is 6. The van der Waals surface area contributed by atoms with E-state index in [0.29, 0.717) is 37.8 Å². The second-order valence-electron chi connectivity index (χ2n) is 15.7. The Morgan fingerprint density at radius 2 is 1.85 bits per heavy atom. The second-order valence-corrected chi connectivity index (χ2v) is 18.3. The summed E-state index contributed by atoms with van der Waals surface area (Å²) in [4.78, 5) is 29.9. The highest BCUT2D eigenvalue weighted by Gasteiger charge is 2.68. The zero-order chi connectivity index (χ0) is 38.3. The molecule has 3 aliphatic carbocycles. The predicted molar refractivity (Wildman–Crippen MR) is 205 cm³/mol.